The molecule has 1 heterocycles. The Kier molecular flexibility index (Phi) is 5.43. The average molecular weight is 333 g/mol. The third-order valence-electron chi connectivity index (χ3n) is 2.12. The zero-order chi connectivity index (χ0) is 14.8. The van der Waals surface area contributed by atoms with E-state index in [-0.39, 0.29) is 16.9 Å². The predicted octanol–water partition coefficient (Wildman–Crippen LogP) is 1.74. The molecule has 2 N–H and O–H groups in total. The van der Waals surface area contributed by atoms with Crippen LogP contribution in [0.4, 0.5) is 0 Å². The lowest BCUT2D eigenvalue weighted by Crippen LogP contribution is -2.29. The van der Waals surface area contributed by atoms with Gasteiger partial charge in [0.05, 0.1) is 0 Å². The SMILES string of the molecule is CCOC(C)(C)OCn1nc(P(=O)(O)O)c(Cl)c1Cl. The van der Waals surface area contributed by atoms with Crippen molar-refractivity contribution in [1.29, 1.82) is 0 Å². The van der Waals surface area contributed by atoms with E-state index in [1.54, 1.807) is 13.8 Å². The molecule has 0 aromatic carbocycles. The summed E-state index contributed by atoms with van der Waals surface area (Å²) in [6, 6.07) is 0. The standard InChI is InChI=1S/C9H15Cl2N2O5P/c1-4-17-9(2,3)18-5-13-7(11)6(10)8(12-13)19(14,15)16/h4-5H2,1-3H3,(H2,14,15,16). The van der Waals surface area contributed by atoms with Gasteiger partial charge in [-0.05, 0) is 20.8 Å². The smallest absolute Gasteiger partial charge is 0.351 e. The number of halogens is 2. The van der Waals surface area contributed by atoms with Crippen molar-refractivity contribution in [1.82, 2.24) is 9.78 Å². The van der Waals surface area contributed by atoms with E-state index in [0.717, 1.165) is 4.68 Å². The van der Waals surface area contributed by atoms with Gasteiger partial charge in [0.25, 0.3) is 0 Å². The quantitative estimate of drug-likeness (QED) is 0.608. The Hall–Kier alpha value is -0.140. The molecule has 19 heavy (non-hydrogen) atoms. The molecular weight excluding hydrogens is 318 g/mol. The highest BCUT2D eigenvalue weighted by atomic mass is 35.5. The van der Waals surface area contributed by atoms with Gasteiger partial charge in [-0.2, -0.15) is 5.10 Å². The van der Waals surface area contributed by atoms with Crippen LogP contribution in [-0.2, 0) is 20.8 Å². The highest BCUT2D eigenvalue weighted by Gasteiger charge is 2.29. The molecule has 0 aliphatic heterocycles. The molecule has 0 saturated carbocycles. The van der Waals surface area contributed by atoms with Crippen LogP contribution in [0, 0.1) is 0 Å². The van der Waals surface area contributed by atoms with Crippen LogP contribution in [0.15, 0.2) is 0 Å². The van der Waals surface area contributed by atoms with E-state index in [2.05, 4.69) is 5.10 Å². The van der Waals surface area contributed by atoms with Crippen molar-refractivity contribution in [2.75, 3.05) is 6.61 Å². The number of hydrogen-bond donors (Lipinski definition) is 2. The van der Waals surface area contributed by atoms with Crippen LogP contribution in [0.25, 0.3) is 0 Å². The molecule has 10 heteroatoms. The highest BCUT2D eigenvalue weighted by molar-refractivity contribution is 7.60. The summed E-state index contributed by atoms with van der Waals surface area (Å²) < 4.78 is 22.9. The molecule has 0 atom stereocenters. The number of aromatic nitrogens is 2. The number of hydrogen-bond acceptors (Lipinski definition) is 4. The Morgan fingerprint density at radius 3 is 2.37 bits per heavy atom. The summed E-state index contributed by atoms with van der Waals surface area (Å²) in [6.45, 7) is 5.51. The summed E-state index contributed by atoms with van der Waals surface area (Å²) in [5, 5.41) is 3.26. The molecule has 0 spiro atoms. The van der Waals surface area contributed by atoms with Crippen molar-refractivity contribution in [3.8, 4) is 0 Å². The van der Waals surface area contributed by atoms with Gasteiger partial charge in [-0.3, -0.25) is 4.57 Å². The zero-order valence-electron chi connectivity index (χ0n) is 10.6. The molecule has 1 aromatic heterocycles. The van der Waals surface area contributed by atoms with Crippen LogP contribution in [0.3, 0.4) is 0 Å². The van der Waals surface area contributed by atoms with Gasteiger partial charge in [0.15, 0.2) is 11.2 Å². The summed E-state index contributed by atoms with van der Waals surface area (Å²) in [5.74, 6) is -0.876. The maximum absolute atomic E-state index is 11.1. The Bertz CT molecular complexity index is 499. The molecule has 0 radical (unpaired) electrons. The van der Waals surface area contributed by atoms with Crippen LogP contribution in [0.5, 0.6) is 0 Å². The molecular formula is C9H15Cl2N2O5P. The lowest BCUT2D eigenvalue weighted by molar-refractivity contribution is -0.229. The second-order valence-corrected chi connectivity index (χ2v) is 6.33. The lowest BCUT2D eigenvalue weighted by atomic mass is 10.4. The summed E-state index contributed by atoms with van der Waals surface area (Å²) in [6.07, 6.45) is 0. The highest BCUT2D eigenvalue weighted by Crippen LogP contribution is 2.38. The Labute approximate surface area is 120 Å². The van der Waals surface area contributed by atoms with Crippen LogP contribution >= 0.6 is 30.8 Å². The second kappa shape index (κ2) is 6.10. The normalized spacial score (nSPS) is 13.0. The molecule has 110 valence electrons. The molecule has 0 bridgehead atoms. The van der Waals surface area contributed by atoms with Crippen molar-refractivity contribution >= 4 is 36.2 Å². The first-order chi connectivity index (χ1) is 8.58. The first-order valence-electron chi connectivity index (χ1n) is 5.34. The summed E-state index contributed by atoms with van der Waals surface area (Å²) in [5.41, 5.74) is -0.572. The Balaban J connectivity index is 2.90. The minimum Gasteiger partial charge on any atom is -0.351 e. The van der Waals surface area contributed by atoms with Crippen molar-refractivity contribution in [2.24, 2.45) is 0 Å². The molecule has 0 saturated heterocycles. The third kappa shape index (κ3) is 4.43. The van der Waals surface area contributed by atoms with Gasteiger partial charge in [-0.25, -0.2) is 4.68 Å². The second-order valence-electron chi connectivity index (χ2n) is 4.08. The van der Waals surface area contributed by atoms with Gasteiger partial charge in [0, 0.05) is 6.61 Å². The fourth-order valence-electron chi connectivity index (χ4n) is 1.29. The Morgan fingerprint density at radius 1 is 1.37 bits per heavy atom. The van der Waals surface area contributed by atoms with Crippen LogP contribution in [0.2, 0.25) is 10.2 Å². The molecule has 7 nitrogen and oxygen atoms in total. The molecule has 0 fully saturated rings. The fourth-order valence-corrected chi connectivity index (χ4v) is 2.58. The first kappa shape index (κ1) is 16.9. The van der Waals surface area contributed by atoms with Crippen molar-refractivity contribution in [3.05, 3.63) is 10.2 Å². The van der Waals surface area contributed by atoms with Gasteiger partial charge in [-0.1, -0.05) is 23.2 Å². The molecule has 0 unspecified atom stereocenters. The van der Waals surface area contributed by atoms with Crippen LogP contribution in [0.1, 0.15) is 20.8 Å². The predicted molar refractivity (Wildman–Crippen MR) is 70.7 cm³/mol. The van der Waals surface area contributed by atoms with Crippen molar-refractivity contribution in [3.63, 3.8) is 0 Å². The minimum absolute atomic E-state index is 0.104. The van der Waals surface area contributed by atoms with Gasteiger partial charge >= 0.3 is 7.60 Å². The number of nitrogens with zero attached hydrogens (tertiary/aromatic N) is 2. The summed E-state index contributed by atoms with van der Waals surface area (Å²) in [7, 11) is -4.57. The van der Waals surface area contributed by atoms with E-state index in [1.807, 2.05) is 6.92 Å². The lowest BCUT2D eigenvalue weighted by Gasteiger charge is -2.24. The molecule has 1 rings (SSSR count). The number of rotatable bonds is 6. The first-order valence-corrected chi connectivity index (χ1v) is 7.71. The van der Waals surface area contributed by atoms with Gasteiger partial charge in [-0.15, -0.1) is 0 Å². The maximum Gasteiger partial charge on any atom is 0.377 e. The van der Waals surface area contributed by atoms with Gasteiger partial charge < -0.3 is 19.3 Å². The van der Waals surface area contributed by atoms with E-state index in [0.29, 0.717) is 6.61 Å². The third-order valence-corrected chi connectivity index (χ3v) is 3.96. The molecule has 0 aliphatic rings. The Morgan fingerprint density at radius 2 is 1.95 bits per heavy atom. The maximum atomic E-state index is 11.1. The molecule has 0 amide bonds. The fraction of sp³-hybridized carbons (Fsp3) is 0.667. The average Bonchev–Trinajstić information content (AvgIpc) is 2.53. The van der Waals surface area contributed by atoms with E-state index in [4.69, 9.17) is 42.5 Å². The topological polar surface area (TPSA) is 93.8 Å². The van der Waals surface area contributed by atoms with E-state index < -0.39 is 18.8 Å². The van der Waals surface area contributed by atoms with Crippen LogP contribution < -0.4 is 5.44 Å². The number of ether oxygens (including phenoxy) is 2. The zero-order valence-corrected chi connectivity index (χ0v) is 13.0. The van der Waals surface area contributed by atoms with E-state index in [9.17, 15) is 4.57 Å². The van der Waals surface area contributed by atoms with Crippen molar-refractivity contribution in [2.45, 2.75) is 33.3 Å². The monoisotopic (exact) mass is 332 g/mol. The van der Waals surface area contributed by atoms with E-state index in [1.165, 1.54) is 0 Å². The largest absolute Gasteiger partial charge is 0.377 e. The molecule has 1 aromatic rings. The summed E-state index contributed by atoms with van der Waals surface area (Å²) >= 11 is 11.5. The molecule has 0 aliphatic carbocycles. The minimum atomic E-state index is -4.57. The summed E-state index contributed by atoms with van der Waals surface area (Å²) in [4.78, 5) is 18.1. The van der Waals surface area contributed by atoms with E-state index >= 15 is 0 Å². The van der Waals surface area contributed by atoms with Gasteiger partial charge in [0.1, 0.15) is 16.9 Å². The van der Waals surface area contributed by atoms with Gasteiger partial charge in [0.2, 0.25) is 0 Å². The van der Waals surface area contributed by atoms with Crippen molar-refractivity contribution < 1.29 is 23.8 Å². The van der Waals surface area contributed by atoms with Crippen LogP contribution in [-0.4, -0.2) is 32.0 Å².